The highest BCUT2D eigenvalue weighted by Gasteiger charge is 2.19. The van der Waals surface area contributed by atoms with Crippen molar-refractivity contribution in [2.24, 2.45) is 0 Å². The van der Waals surface area contributed by atoms with Gasteiger partial charge >= 0.3 is 5.97 Å². The van der Waals surface area contributed by atoms with Crippen molar-refractivity contribution in [3.8, 4) is 0 Å². The Bertz CT molecular complexity index is 461. The summed E-state index contributed by atoms with van der Waals surface area (Å²) in [6, 6.07) is 3.05. The van der Waals surface area contributed by atoms with Crippen molar-refractivity contribution >= 4 is 5.97 Å². The zero-order valence-electron chi connectivity index (χ0n) is 9.42. The highest BCUT2D eigenvalue weighted by molar-refractivity contribution is 5.88. The summed E-state index contributed by atoms with van der Waals surface area (Å²) >= 11 is 0. The summed E-state index contributed by atoms with van der Waals surface area (Å²) in [5.41, 5.74) is -0.397. The molecule has 1 saturated heterocycles. The summed E-state index contributed by atoms with van der Waals surface area (Å²) in [7, 11) is 1.24. The molecule has 1 aliphatic heterocycles. The second kappa shape index (κ2) is 5.11. The van der Waals surface area contributed by atoms with Gasteiger partial charge in [-0.25, -0.2) is 4.79 Å². The van der Waals surface area contributed by atoms with Gasteiger partial charge in [0.25, 0.3) is 5.56 Å². The van der Waals surface area contributed by atoms with Crippen LogP contribution in [0.1, 0.15) is 10.4 Å². The third kappa shape index (κ3) is 2.54. The first-order valence-corrected chi connectivity index (χ1v) is 5.23. The minimum absolute atomic E-state index is 0.00740. The lowest BCUT2D eigenvalue weighted by molar-refractivity contribution is -0.0531. The highest BCUT2D eigenvalue weighted by Crippen LogP contribution is 2.05. The van der Waals surface area contributed by atoms with E-state index in [9.17, 15) is 9.59 Å². The Morgan fingerprint density at radius 1 is 1.53 bits per heavy atom. The number of hydrogen-bond acceptors (Lipinski definition) is 5. The van der Waals surface area contributed by atoms with Crippen LogP contribution < -0.4 is 5.56 Å². The molecule has 0 unspecified atom stereocenters. The molecule has 17 heavy (non-hydrogen) atoms. The Balaban J connectivity index is 2.22. The molecule has 1 fully saturated rings. The van der Waals surface area contributed by atoms with E-state index in [0.29, 0.717) is 13.2 Å². The summed E-state index contributed by atoms with van der Waals surface area (Å²) in [6.45, 7) is 1.32. The van der Waals surface area contributed by atoms with Gasteiger partial charge in [0, 0.05) is 6.20 Å². The van der Waals surface area contributed by atoms with E-state index in [4.69, 9.17) is 9.47 Å². The van der Waals surface area contributed by atoms with E-state index in [0.717, 1.165) is 0 Å². The van der Waals surface area contributed by atoms with Crippen LogP contribution in [0.15, 0.2) is 23.1 Å². The van der Waals surface area contributed by atoms with Crippen LogP contribution in [0.2, 0.25) is 0 Å². The first-order chi connectivity index (χ1) is 8.22. The van der Waals surface area contributed by atoms with Gasteiger partial charge in [-0.3, -0.25) is 4.79 Å². The predicted octanol–water partition coefficient (Wildman–Crippen LogP) is 0.00780. The lowest BCUT2D eigenvalue weighted by Gasteiger charge is -2.11. The summed E-state index contributed by atoms with van der Waals surface area (Å²) in [6.07, 6.45) is 1.15. The van der Waals surface area contributed by atoms with E-state index < -0.39 is 17.8 Å². The summed E-state index contributed by atoms with van der Waals surface area (Å²) in [4.78, 5) is 23.2. The van der Waals surface area contributed by atoms with Crippen molar-refractivity contribution in [2.45, 2.75) is 12.8 Å². The zero-order valence-corrected chi connectivity index (χ0v) is 9.42. The lowest BCUT2D eigenvalue weighted by Crippen LogP contribution is -2.30. The molecule has 0 aromatic carbocycles. The van der Waals surface area contributed by atoms with Crippen LogP contribution in [0.25, 0.3) is 0 Å². The maximum atomic E-state index is 11.9. The average Bonchev–Trinajstić information content (AvgIpc) is 2.84. The molecule has 0 atom stereocenters. The van der Waals surface area contributed by atoms with Crippen molar-refractivity contribution in [2.75, 3.05) is 20.3 Å². The van der Waals surface area contributed by atoms with Gasteiger partial charge in [-0.2, -0.15) is 0 Å². The van der Waals surface area contributed by atoms with Gasteiger partial charge in [-0.15, -0.1) is 0 Å². The number of esters is 1. The van der Waals surface area contributed by atoms with E-state index in [1.807, 2.05) is 0 Å². The Morgan fingerprint density at radius 2 is 2.24 bits per heavy atom. The summed E-state index contributed by atoms with van der Waals surface area (Å²) in [5.74, 6) is -0.641. The van der Waals surface area contributed by atoms with Crippen LogP contribution in [0.5, 0.6) is 0 Å². The fourth-order valence-electron chi connectivity index (χ4n) is 1.62. The van der Waals surface area contributed by atoms with Gasteiger partial charge in [-0.1, -0.05) is 0 Å². The second-order valence-electron chi connectivity index (χ2n) is 3.54. The average molecular weight is 239 g/mol. The standard InChI is InChI=1S/C11H13NO5/c1-15-11(14)8-3-2-4-12(10(8)13)7-9-16-5-6-17-9/h2-4,9H,5-7H2,1H3. The van der Waals surface area contributed by atoms with Gasteiger partial charge in [0.15, 0.2) is 6.29 Å². The maximum Gasteiger partial charge on any atom is 0.343 e. The fraction of sp³-hybridized carbons (Fsp3) is 0.455. The monoisotopic (exact) mass is 239 g/mol. The number of carbonyl (C=O) groups excluding carboxylic acids is 1. The molecule has 6 nitrogen and oxygen atoms in total. The molecule has 0 radical (unpaired) electrons. The van der Waals surface area contributed by atoms with E-state index >= 15 is 0 Å². The molecular formula is C11H13NO5. The van der Waals surface area contributed by atoms with Gasteiger partial charge < -0.3 is 18.8 Å². The van der Waals surface area contributed by atoms with E-state index in [1.54, 1.807) is 12.3 Å². The molecule has 0 bridgehead atoms. The molecule has 1 aliphatic rings. The molecule has 2 heterocycles. The molecule has 0 spiro atoms. The molecule has 1 aromatic heterocycles. The molecule has 2 rings (SSSR count). The van der Waals surface area contributed by atoms with Crippen molar-refractivity contribution in [1.82, 2.24) is 4.57 Å². The van der Waals surface area contributed by atoms with Crippen LogP contribution in [-0.2, 0) is 20.8 Å². The number of pyridine rings is 1. The molecule has 6 heteroatoms. The summed E-state index contributed by atoms with van der Waals surface area (Å²) < 4.78 is 16.4. The van der Waals surface area contributed by atoms with Crippen molar-refractivity contribution < 1.29 is 19.0 Å². The van der Waals surface area contributed by atoms with Crippen molar-refractivity contribution in [3.05, 3.63) is 34.2 Å². The van der Waals surface area contributed by atoms with Crippen LogP contribution in [-0.4, -0.2) is 37.1 Å². The third-order valence-electron chi connectivity index (χ3n) is 2.46. The largest absolute Gasteiger partial charge is 0.465 e. The van der Waals surface area contributed by atoms with Crippen molar-refractivity contribution in [3.63, 3.8) is 0 Å². The third-order valence-corrected chi connectivity index (χ3v) is 2.46. The van der Waals surface area contributed by atoms with Gasteiger partial charge in [0.05, 0.1) is 26.9 Å². The van der Waals surface area contributed by atoms with E-state index in [1.165, 1.54) is 17.7 Å². The number of hydrogen-bond donors (Lipinski definition) is 0. The quantitative estimate of drug-likeness (QED) is 0.695. The number of rotatable bonds is 3. The SMILES string of the molecule is COC(=O)c1cccn(CC2OCCO2)c1=O. The van der Waals surface area contributed by atoms with Crippen LogP contribution in [0, 0.1) is 0 Å². The van der Waals surface area contributed by atoms with Crippen LogP contribution in [0.3, 0.4) is 0 Å². The molecular weight excluding hydrogens is 226 g/mol. The molecule has 0 N–H and O–H groups in total. The molecule has 0 amide bonds. The molecule has 92 valence electrons. The highest BCUT2D eigenvalue weighted by atomic mass is 16.7. The fourth-order valence-corrected chi connectivity index (χ4v) is 1.62. The second-order valence-corrected chi connectivity index (χ2v) is 3.54. The topological polar surface area (TPSA) is 66.8 Å². The Labute approximate surface area is 97.7 Å². The first kappa shape index (κ1) is 11.8. The number of ether oxygens (including phenoxy) is 3. The van der Waals surface area contributed by atoms with E-state index in [-0.39, 0.29) is 12.1 Å². The molecule has 0 aliphatic carbocycles. The minimum atomic E-state index is -0.641. The van der Waals surface area contributed by atoms with Gasteiger partial charge in [0.1, 0.15) is 5.56 Å². The smallest absolute Gasteiger partial charge is 0.343 e. The minimum Gasteiger partial charge on any atom is -0.465 e. The molecule has 1 aromatic rings. The van der Waals surface area contributed by atoms with Crippen molar-refractivity contribution in [1.29, 1.82) is 0 Å². The number of aromatic nitrogens is 1. The Kier molecular flexibility index (Phi) is 3.55. The zero-order chi connectivity index (χ0) is 12.3. The summed E-state index contributed by atoms with van der Waals surface area (Å²) in [5, 5.41) is 0. The van der Waals surface area contributed by atoms with Gasteiger partial charge in [-0.05, 0) is 12.1 Å². The van der Waals surface area contributed by atoms with E-state index in [2.05, 4.69) is 4.74 Å². The van der Waals surface area contributed by atoms with Gasteiger partial charge in [0.2, 0.25) is 0 Å². The van der Waals surface area contributed by atoms with Crippen LogP contribution >= 0.6 is 0 Å². The number of carbonyl (C=O) groups is 1. The molecule has 0 saturated carbocycles. The van der Waals surface area contributed by atoms with Crippen LogP contribution in [0.4, 0.5) is 0 Å². The lowest BCUT2D eigenvalue weighted by atomic mass is 10.3. The normalized spacial score (nSPS) is 16.1. The first-order valence-electron chi connectivity index (χ1n) is 5.23. The predicted molar refractivity (Wildman–Crippen MR) is 57.7 cm³/mol. The Hall–Kier alpha value is -1.66. The Morgan fingerprint density at radius 3 is 2.88 bits per heavy atom. The number of methoxy groups -OCH3 is 1. The maximum absolute atomic E-state index is 11.9. The number of nitrogens with zero attached hydrogens (tertiary/aromatic N) is 1.